The summed E-state index contributed by atoms with van der Waals surface area (Å²) in [5.74, 6) is -0.682. The molecule has 0 aliphatic carbocycles. The Morgan fingerprint density at radius 1 is 1.00 bits per heavy atom. The number of benzene rings is 1. The standard InChI is InChI=1S/C24H32N4O3/c1-4-27-12-14-28(15-13-27)17-20-9-7-6-8-19(20)16-25-23(29)22-11-10-21(18(3)26-22)24(30)31-5-2/h6-11H,4-5,12-17H2,1-3H3,(H,25,29). The van der Waals surface area contributed by atoms with Crippen LogP contribution in [0.4, 0.5) is 0 Å². The van der Waals surface area contributed by atoms with Crippen molar-refractivity contribution in [2.24, 2.45) is 0 Å². The molecule has 1 amide bonds. The van der Waals surface area contributed by atoms with E-state index in [4.69, 9.17) is 4.74 Å². The largest absolute Gasteiger partial charge is 0.462 e. The molecule has 0 radical (unpaired) electrons. The molecule has 7 nitrogen and oxygen atoms in total. The van der Waals surface area contributed by atoms with Crippen molar-refractivity contribution in [2.75, 3.05) is 39.3 Å². The number of carbonyl (C=O) groups is 2. The first-order valence-corrected chi connectivity index (χ1v) is 11.0. The number of ether oxygens (including phenoxy) is 1. The first-order chi connectivity index (χ1) is 15.0. The molecule has 0 spiro atoms. The minimum atomic E-state index is -0.423. The summed E-state index contributed by atoms with van der Waals surface area (Å²) in [4.78, 5) is 33.8. The van der Waals surface area contributed by atoms with Crippen molar-refractivity contribution in [1.82, 2.24) is 20.1 Å². The third-order valence-electron chi connectivity index (χ3n) is 5.68. The summed E-state index contributed by atoms with van der Waals surface area (Å²) in [5.41, 5.74) is 3.49. The van der Waals surface area contributed by atoms with Gasteiger partial charge in [-0.05, 0) is 43.7 Å². The minimum Gasteiger partial charge on any atom is -0.462 e. The summed E-state index contributed by atoms with van der Waals surface area (Å²) in [5, 5.41) is 2.97. The fourth-order valence-electron chi connectivity index (χ4n) is 3.77. The van der Waals surface area contributed by atoms with Crippen LogP contribution < -0.4 is 5.32 Å². The van der Waals surface area contributed by atoms with E-state index in [-0.39, 0.29) is 5.91 Å². The molecule has 0 unspecified atom stereocenters. The van der Waals surface area contributed by atoms with Crippen LogP contribution in [-0.4, -0.2) is 66.0 Å². The Labute approximate surface area is 184 Å². The Morgan fingerprint density at radius 2 is 1.68 bits per heavy atom. The molecule has 2 heterocycles. The van der Waals surface area contributed by atoms with E-state index in [1.807, 2.05) is 12.1 Å². The number of aromatic nitrogens is 1. The highest BCUT2D eigenvalue weighted by Gasteiger charge is 2.18. The summed E-state index contributed by atoms with van der Waals surface area (Å²) < 4.78 is 5.02. The molecule has 1 fully saturated rings. The molecule has 0 bridgehead atoms. The molecule has 166 valence electrons. The SMILES string of the molecule is CCOC(=O)c1ccc(C(=O)NCc2ccccc2CN2CCN(CC)CC2)nc1C. The third kappa shape index (κ3) is 6.12. The van der Waals surface area contributed by atoms with Crippen molar-refractivity contribution in [3.63, 3.8) is 0 Å². The summed E-state index contributed by atoms with van der Waals surface area (Å²) >= 11 is 0. The van der Waals surface area contributed by atoms with Gasteiger partial charge in [0.1, 0.15) is 5.69 Å². The predicted molar refractivity (Wildman–Crippen MR) is 120 cm³/mol. The lowest BCUT2D eigenvalue weighted by molar-refractivity contribution is 0.0524. The summed E-state index contributed by atoms with van der Waals surface area (Å²) in [6, 6.07) is 11.4. The van der Waals surface area contributed by atoms with Gasteiger partial charge in [0.05, 0.1) is 17.9 Å². The van der Waals surface area contributed by atoms with Gasteiger partial charge in [0.2, 0.25) is 0 Å². The highest BCUT2D eigenvalue weighted by atomic mass is 16.5. The van der Waals surface area contributed by atoms with E-state index in [0.717, 1.165) is 44.8 Å². The maximum absolute atomic E-state index is 12.6. The van der Waals surface area contributed by atoms with Crippen molar-refractivity contribution < 1.29 is 14.3 Å². The number of rotatable bonds is 8. The molecular formula is C24H32N4O3. The lowest BCUT2D eigenvalue weighted by Gasteiger charge is -2.34. The lowest BCUT2D eigenvalue weighted by Crippen LogP contribution is -2.45. The number of piperazine rings is 1. The van der Waals surface area contributed by atoms with Crippen molar-refractivity contribution in [3.8, 4) is 0 Å². The number of pyridine rings is 1. The molecule has 1 aliphatic heterocycles. The van der Waals surface area contributed by atoms with E-state index in [1.165, 1.54) is 5.56 Å². The maximum atomic E-state index is 12.6. The number of hydrogen-bond donors (Lipinski definition) is 1. The predicted octanol–water partition coefficient (Wildman–Crippen LogP) is 2.63. The van der Waals surface area contributed by atoms with Gasteiger partial charge in [0.25, 0.3) is 5.91 Å². The van der Waals surface area contributed by atoms with E-state index >= 15 is 0 Å². The van der Waals surface area contributed by atoms with Crippen LogP contribution >= 0.6 is 0 Å². The molecule has 7 heteroatoms. The molecule has 0 saturated carbocycles. The molecule has 1 aromatic heterocycles. The quantitative estimate of drug-likeness (QED) is 0.657. The third-order valence-corrected chi connectivity index (χ3v) is 5.68. The second-order valence-corrected chi connectivity index (χ2v) is 7.71. The zero-order valence-corrected chi connectivity index (χ0v) is 18.7. The van der Waals surface area contributed by atoms with E-state index in [9.17, 15) is 9.59 Å². The molecule has 0 atom stereocenters. The second-order valence-electron chi connectivity index (χ2n) is 7.71. The van der Waals surface area contributed by atoms with E-state index in [0.29, 0.717) is 30.1 Å². The van der Waals surface area contributed by atoms with Crippen molar-refractivity contribution in [2.45, 2.75) is 33.9 Å². The van der Waals surface area contributed by atoms with Gasteiger partial charge in [-0.1, -0.05) is 31.2 Å². The van der Waals surface area contributed by atoms with Crippen LogP contribution in [-0.2, 0) is 17.8 Å². The molecule has 1 saturated heterocycles. The molecular weight excluding hydrogens is 392 g/mol. The van der Waals surface area contributed by atoms with Gasteiger partial charge in [-0.25, -0.2) is 9.78 Å². The topological polar surface area (TPSA) is 74.8 Å². The molecule has 1 aromatic carbocycles. The molecule has 2 aromatic rings. The molecule has 3 rings (SSSR count). The van der Waals surface area contributed by atoms with Crippen LogP contribution in [0.25, 0.3) is 0 Å². The summed E-state index contributed by atoms with van der Waals surface area (Å²) in [7, 11) is 0. The van der Waals surface area contributed by atoms with Gasteiger partial charge in [-0.2, -0.15) is 0 Å². The van der Waals surface area contributed by atoms with E-state index in [1.54, 1.807) is 26.0 Å². The first kappa shape index (κ1) is 22.9. The van der Waals surface area contributed by atoms with Crippen molar-refractivity contribution in [3.05, 3.63) is 64.5 Å². The Hall–Kier alpha value is -2.77. The number of nitrogens with zero attached hydrogens (tertiary/aromatic N) is 3. The normalized spacial score (nSPS) is 14.9. The van der Waals surface area contributed by atoms with Crippen LogP contribution in [0.5, 0.6) is 0 Å². The zero-order valence-electron chi connectivity index (χ0n) is 18.7. The summed E-state index contributed by atoms with van der Waals surface area (Å²) in [6.07, 6.45) is 0. The number of nitrogens with one attached hydrogen (secondary N) is 1. The van der Waals surface area contributed by atoms with Crippen LogP contribution in [0.15, 0.2) is 36.4 Å². The van der Waals surface area contributed by atoms with Crippen molar-refractivity contribution >= 4 is 11.9 Å². The number of hydrogen-bond acceptors (Lipinski definition) is 6. The number of carbonyl (C=O) groups excluding carboxylic acids is 2. The number of amides is 1. The highest BCUT2D eigenvalue weighted by molar-refractivity contribution is 5.95. The van der Waals surface area contributed by atoms with Gasteiger partial charge >= 0.3 is 5.97 Å². The van der Waals surface area contributed by atoms with Crippen LogP contribution in [0.1, 0.15) is 51.5 Å². The number of aryl methyl sites for hydroxylation is 1. The van der Waals surface area contributed by atoms with Gasteiger partial charge < -0.3 is 15.0 Å². The average molecular weight is 425 g/mol. The molecule has 1 N–H and O–H groups in total. The highest BCUT2D eigenvalue weighted by Crippen LogP contribution is 2.14. The minimum absolute atomic E-state index is 0.259. The smallest absolute Gasteiger partial charge is 0.339 e. The van der Waals surface area contributed by atoms with Gasteiger partial charge in [-0.3, -0.25) is 9.69 Å². The Morgan fingerprint density at radius 3 is 2.32 bits per heavy atom. The van der Waals surface area contributed by atoms with Crippen LogP contribution in [0, 0.1) is 6.92 Å². The summed E-state index contributed by atoms with van der Waals surface area (Å²) in [6.45, 7) is 12.7. The average Bonchev–Trinajstić information content (AvgIpc) is 2.78. The van der Waals surface area contributed by atoms with Gasteiger partial charge in [-0.15, -0.1) is 0 Å². The van der Waals surface area contributed by atoms with Crippen molar-refractivity contribution in [1.29, 1.82) is 0 Å². The van der Waals surface area contributed by atoms with Gasteiger partial charge in [0.15, 0.2) is 0 Å². The second kappa shape index (κ2) is 11.0. The fourth-order valence-corrected chi connectivity index (χ4v) is 3.77. The zero-order chi connectivity index (χ0) is 22.2. The molecule has 1 aliphatic rings. The Bertz CT molecular complexity index is 907. The number of likely N-dealkylation sites (N-methyl/N-ethyl adjacent to an activating group) is 1. The Kier molecular flexibility index (Phi) is 8.14. The lowest BCUT2D eigenvalue weighted by atomic mass is 10.1. The molecule has 31 heavy (non-hydrogen) atoms. The maximum Gasteiger partial charge on any atom is 0.339 e. The van der Waals surface area contributed by atoms with Crippen LogP contribution in [0.3, 0.4) is 0 Å². The van der Waals surface area contributed by atoms with E-state index in [2.05, 4.69) is 39.2 Å². The number of esters is 1. The fraction of sp³-hybridized carbons (Fsp3) is 0.458. The van der Waals surface area contributed by atoms with E-state index < -0.39 is 5.97 Å². The monoisotopic (exact) mass is 424 g/mol. The first-order valence-electron chi connectivity index (χ1n) is 11.0. The Balaban J connectivity index is 1.61. The van der Waals surface area contributed by atoms with Crippen LogP contribution in [0.2, 0.25) is 0 Å². The van der Waals surface area contributed by atoms with Gasteiger partial charge in [0, 0.05) is 39.3 Å².